The third kappa shape index (κ3) is 8.04. The molecule has 0 saturated carbocycles. The Balaban J connectivity index is 2.11. The lowest BCUT2D eigenvalue weighted by Crippen LogP contribution is -2.21. The molecule has 2 aromatic rings. The van der Waals surface area contributed by atoms with Gasteiger partial charge in [0.05, 0.1) is 11.8 Å². The van der Waals surface area contributed by atoms with Gasteiger partial charge in [-0.3, -0.25) is 9.52 Å². The summed E-state index contributed by atoms with van der Waals surface area (Å²) in [4.78, 5) is 12.1. The van der Waals surface area contributed by atoms with Crippen molar-refractivity contribution in [3.05, 3.63) is 64.7 Å². The Morgan fingerprint density at radius 2 is 1.73 bits per heavy atom. The van der Waals surface area contributed by atoms with E-state index in [-0.39, 0.29) is 17.8 Å². The summed E-state index contributed by atoms with van der Waals surface area (Å²) in [6, 6.07) is 4.80. The normalized spacial score (nSPS) is 12.1. The maximum atomic E-state index is 14.0. The number of sulfonamides is 1. The molecule has 0 radical (unpaired) electrons. The summed E-state index contributed by atoms with van der Waals surface area (Å²) in [6.45, 7) is 2.00. The molecule has 0 bridgehead atoms. The molecule has 12 heteroatoms. The summed E-state index contributed by atoms with van der Waals surface area (Å²) in [6.07, 6.45) is -0.712. The number of hydrogen-bond donors (Lipinski definition) is 3. The van der Waals surface area contributed by atoms with Crippen molar-refractivity contribution in [1.29, 1.82) is 0 Å². The van der Waals surface area contributed by atoms with Crippen LogP contribution in [0.25, 0.3) is 6.08 Å². The Labute approximate surface area is 187 Å². The monoisotopic (exact) mass is 491 g/mol. The predicted molar refractivity (Wildman–Crippen MR) is 116 cm³/mol. The van der Waals surface area contributed by atoms with Crippen LogP contribution in [0, 0.1) is 11.6 Å². The van der Waals surface area contributed by atoms with E-state index in [1.165, 1.54) is 12.1 Å². The highest BCUT2D eigenvalue weighted by Crippen LogP contribution is 2.32. The number of anilines is 2. The van der Waals surface area contributed by atoms with E-state index in [0.29, 0.717) is 18.5 Å². The molecular formula is C21H22F5N3O3S. The zero-order chi connectivity index (χ0) is 24.8. The van der Waals surface area contributed by atoms with Crippen LogP contribution >= 0.6 is 0 Å². The zero-order valence-electron chi connectivity index (χ0n) is 17.7. The Hall–Kier alpha value is -3.15. The molecule has 0 fully saturated rings. The largest absolute Gasteiger partial charge is 0.416 e. The van der Waals surface area contributed by atoms with Gasteiger partial charge in [-0.15, -0.1) is 0 Å². The second-order valence-electron chi connectivity index (χ2n) is 7.09. The minimum absolute atomic E-state index is 0.0330. The highest BCUT2D eigenvalue weighted by molar-refractivity contribution is 7.92. The highest BCUT2D eigenvalue weighted by atomic mass is 32.2. The standard InChI is InChI=1S/C21H22F5N3O3S/c1-3-8-27-18-11-15(21(24,25)26)6-4-14(18)5-7-19(30)28-12-13-9-16(22)20(17(23)10-13)29-33(2,31)32/h4-7,9-11,27,29H,3,8,12H2,1-2H3,(H,28,30). The molecule has 0 aromatic heterocycles. The minimum Gasteiger partial charge on any atom is -0.385 e. The minimum atomic E-state index is -4.51. The van der Waals surface area contributed by atoms with Crippen LogP contribution in [-0.2, 0) is 27.5 Å². The average Bonchev–Trinajstić information content (AvgIpc) is 2.70. The second kappa shape index (κ2) is 10.6. The third-order valence-electron chi connectivity index (χ3n) is 4.22. The lowest BCUT2D eigenvalue weighted by atomic mass is 10.1. The van der Waals surface area contributed by atoms with E-state index < -0.39 is 45.0 Å². The zero-order valence-corrected chi connectivity index (χ0v) is 18.5. The van der Waals surface area contributed by atoms with E-state index in [1.807, 2.05) is 6.92 Å². The lowest BCUT2D eigenvalue weighted by Gasteiger charge is -2.13. The summed E-state index contributed by atoms with van der Waals surface area (Å²) >= 11 is 0. The van der Waals surface area contributed by atoms with E-state index in [2.05, 4.69) is 10.6 Å². The van der Waals surface area contributed by atoms with Gasteiger partial charge in [-0.05, 0) is 47.9 Å². The topological polar surface area (TPSA) is 87.3 Å². The Kier molecular flexibility index (Phi) is 8.42. The second-order valence-corrected chi connectivity index (χ2v) is 8.83. The van der Waals surface area contributed by atoms with Crippen LogP contribution in [0.3, 0.4) is 0 Å². The van der Waals surface area contributed by atoms with E-state index in [0.717, 1.165) is 36.6 Å². The van der Waals surface area contributed by atoms with Crippen molar-refractivity contribution >= 4 is 33.4 Å². The number of benzene rings is 2. The molecule has 2 rings (SSSR count). The van der Waals surface area contributed by atoms with Crippen molar-refractivity contribution in [2.24, 2.45) is 0 Å². The first kappa shape index (κ1) is 26.1. The molecule has 6 nitrogen and oxygen atoms in total. The smallest absolute Gasteiger partial charge is 0.385 e. The number of nitrogens with one attached hydrogen (secondary N) is 3. The molecule has 0 spiro atoms. The number of halogens is 5. The molecular weight excluding hydrogens is 469 g/mol. The summed E-state index contributed by atoms with van der Waals surface area (Å²) in [5, 5.41) is 5.27. The van der Waals surface area contributed by atoms with Crippen molar-refractivity contribution in [2.75, 3.05) is 22.8 Å². The van der Waals surface area contributed by atoms with Crippen molar-refractivity contribution in [3.8, 4) is 0 Å². The third-order valence-corrected chi connectivity index (χ3v) is 4.79. The van der Waals surface area contributed by atoms with Gasteiger partial charge in [-0.2, -0.15) is 13.2 Å². The lowest BCUT2D eigenvalue weighted by molar-refractivity contribution is -0.137. The summed E-state index contributed by atoms with van der Waals surface area (Å²) in [5.41, 5.74) is -1.08. The molecule has 2 aromatic carbocycles. The van der Waals surface area contributed by atoms with Gasteiger partial charge in [0, 0.05) is 24.9 Å². The number of hydrogen-bond acceptors (Lipinski definition) is 4. The van der Waals surface area contributed by atoms with Gasteiger partial charge in [0.15, 0.2) is 11.6 Å². The molecule has 3 N–H and O–H groups in total. The Morgan fingerprint density at radius 1 is 1.09 bits per heavy atom. The van der Waals surface area contributed by atoms with Crippen LogP contribution in [0.15, 0.2) is 36.4 Å². The van der Waals surface area contributed by atoms with Crippen LogP contribution in [0.5, 0.6) is 0 Å². The van der Waals surface area contributed by atoms with Gasteiger partial charge in [0.25, 0.3) is 0 Å². The van der Waals surface area contributed by atoms with Gasteiger partial charge >= 0.3 is 6.18 Å². The van der Waals surface area contributed by atoms with Gasteiger partial charge in [-0.1, -0.05) is 13.0 Å². The summed E-state index contributed by atoms with van der Waals surface area (Å²) < 4.78 is 91.0. The first-order valence-electron chi connectivity index (χ1n) is 9.67. The number of rotatable bonds is 9. The quantitative estimate of drug-likeness (QED) is 0.356. The van der Waals surface area contributed by atoms with Crippen molar-refractivity contribution in [1.82, 2.24) is 5.32 Å². The van der Waals surface area contributed by atoms with E-state index in [9.17, 15) is 35.2 Å². The summed E-state index contributed by atoms with van der Waals surface area (Å²) in [7, 11) is -3.89. The van der Waals surface area contributed by atoms with Gasteiger partial charge in [0.1, 0.15) is 5.69 Å². The molecule has 1 amide bonds. The van der Waals surface area contributed by atoms with Gasteiger partial charge in [0.2, 0.25) is 15.9 Å². The fourth-order valence-electron chi connectivity index (χ4n) is 2.71. The molecule has 0 heterocycles. The number of carbonyl (C=O) groups is 1. The van der Waals surface area contributed by atoms with E-state index in [1.54, 1.807) is 4.72 Å². The van der Waals surface area contributed by atoms with Crippen molar-refractivity contribution < 1.29 is 35.2 Å². The molecule has 0 aliphatic carbocycles. The molecule has 33 heavy (non-hydrogen) atoms. The molecule has 0 unspecified atom stereocenters. The Bertz CT molecular complexity index is 1130. The van der Waals surface area contributed by atoms with Crippen molar-refractivity contribution in [3.63, 3.8) is 0 Å². The number of amides is 1. The first-order valence-corrected chi connectivity index (χ1v) is 11.6. The van der Waals surface area contributed by atoms with Crippen LogP contribution in [0.2, 0.25) is 0 Å². The molecule has 0 aliphatic rings. The van der Waals surface area contributed by atoms with Gasteiger partial charge < -0.3 is 10.6 Å². The van der Waals surface area contributed by atoms with E-state index in [4.69, 9.17) is 0 Å². The highest BCUT2D eigenvalue weighted by Gasteiger charge is 2.30. The Morgan fingerprint density at radius 3 is 2.27 bits per heavy atom. The van der Waals surface area contributed by atoms with Crippen LogP contribution < -0.4 is 15.4 Å². The molecule has 180 valence electrons. The number of carbonyl (C=O) groups excluding carboxylic acids is 1. The predicted octanol–water partition coefficient (Wildman–Crippen LogP) is 4.51. The summed E-state index contributed by atoms with van der Waals surface area (Å²) in [5.74, 6) is -2.97. The SMILES string of the molecule is CCCNc1cc(C(F)(F)F)ccc1C=CC(=O)NCc1cc(F)c(NS(C)(=O)=O)c(F)c1. The maximum absolute atomic E-state index is 14.0. The fourth-order valence-corrected chi connectivity index (χ4v) is 3.28. The average molecular weight is 491 g/mol. The van der Waals surface area contributed by atoms with E-state index >= 15 is 0 Å². The first-order chi connectivity index (χ1) is 15.3. The molecule has 0 aliphatic heterocycles. The number of alkyl halides is 3. The van der Waals surface area contributed by atoms with Gasteiger partial charge in [-0.25, -0.2) is 17.2 Å². The maximum Gasteiger partial charge on any atom is 0.416 e. The van der Waals surface area contributed by atoms with Crippen LogP contribution in [0.4, 0.5) is 33.3 Å². The van der Waals surface area contributed by atoms with Crippen molar-refractivity contribution in [2.45, 2.75) is 26.1 Å². The molecule has 0 saturated heterocycles. The van der Waals surface area contributed by atoms with Crippen LogP contribution in [0.1, 0.15) is 30.0 Å². The van der Waals surface area contributed by atoms with Crippen LogP contribution in [-0.4, -0.2) is 27.1 Å². The molecule has 0 atom stereocenters. The fraction of sp³-hybridized carbons (Fsp3) is 0.286.